The zero-order valence-corrected chi connectivity index (χ0v) is 34.2. The Balaban J connectivity index is 1.17. The van der Waals surface area contributed by atoms with Crippen LogP contribution in [-0.2, 0) is 33.3 Å². The zero-order chi connectivity index (χ0) is 43.5. The molecule has 4 rings (SSSR count). The minimum absolute atomic E-state index is 0.206. The average Bonchev–Trinajstić information content (AvgIpc) is 3.29. The lowest BCUT2D eigenvalue weighted by Crippen LogP contribution is -2.18. The molecule has 0 aromatic heterocycles. The molecule has 0 saturated heterocycles. The maximum Gasteiger partial charge on any atom is 0.343 e. The summed E-state index contributed by atoms with van der Waals surface area (Å²) in [7, 11) is 0. The summed E-state index contributed by atoms with van der Waals surface area (Å²) in [6.07, 6.45) is 11.2. The maximum atomic E-state index is 12.9. The number of esters is 5. The van der Waals surface area contributed by atoms with Gasteiger partial charge in [-0.05, 0) is 129 Å². The Morgan fingerprint density at radius 2 is 0.967 bits per heavy atom. The van der Waals surface area contributed by atoms with Gasteiger partial charge in [0.25, 0.3) is 0 Å². The quantitative estimate of drug-likeness (QED) is 0.0185. The molecule has 0 fully saturated rings. The molecular weight excluding hydrogens is 781 g/mol. The zero-order valence-electron chi connectivity index (χ0n) is 34.2. The number of carbonyl (C=O) groups is 5. The summed E-state index contributed by atoms with van der Waals surface area (Å²) in [4.78, 5) is 60.7. The Hall–Kier alpha value is -6.95. The highest BCUT2D eigenvalue weighted by molar-refractivity contribution is 5.91. The van der Waals surface area contributed by atoms with Crippen LogP contribution in [0.4, 0.5) is 0 Å². The molecule has 0 aliphatic carbocycles. The summed E-state index contributed by atoms with van der Waals surface area (Å²) in [5.41, 5.74) is 1.99. The minimum Gasteiger partial charge on any atom is -0.494 e. The standard InChI is InChI=1S/C49H52O12/c1-3-45(50)57-34-14-7-5-12-32-55-41-27-21-39(22-28-41)48(53)59-36-44(38-16-10-9-11-17-38)61-47(52)31-20-37-18-25-43(26-19-37)60-49(54)40-23-29-42(30-24-40)56-33-13-6-8-15-35-58-46(51)4-2/h3-4,9-11,16-31,44H,1-2,5-8,12-15,32-36H2. The fraction of sp³-hybridized carbons (Fsp3) is 0.286. The van der Waals surface area contributed by atoms with Gasteiger partial charge in [0, 0.05) is 18.2 Å². The van der Waals surface area contributed by atoms with E-state index < -0.39 is 36.0 Å². The van der Waals surface area contributed by atoms with Crippen molar-refractivity contribution in [2.45, 2.75) is 57.5 Å². The Labute approximate surface area is 356 Å². The van der Waals surface area contributed by atoms with Gasteiger partial charge < -0.3 is 33.2 Å². The second-order valence-electron chi connectivity index (χ2n) is 13.5. The fourth-order valence-electron chi connectivity index (χ4n) is 5.59. The second kappa shape index (κ2) is 26.9. The average molecular weight is 833 g/mol. The van der Waals surface area contributed by atoms with Gasteiger partial charge in [0.2, 0.25) is 0 Å². The van der Waals surface area contributed by atoms with Gasteiger partial charge in [-0.1, -0.05) is 55.6 Å². The van der Waals surface area contributed by atoms with Crippen molar-refractivity contribution in [3.63, 3.8) is 0 Å². The minimum atomic E-state index is -0.861. The molecule has 0 bridgehead atoms. The smallest absolute Gasteiger partial charge is 0.343 e. The Morgan fingerprint density at radius 1 is 0.492 bits per heavy atom. The monoisotopic (exact) mass is 832 g/mol. The van der Waals surface area contributed by atoms with Crippen molar-refractivity contribution in [2.75, 3.05) is 33.0 Å². The molecule has 1 atom stereocenters. The van der Waals surface area contributed by atoms with Crippen molar-refractivity contribution in [1.82, 2.24) is 0 Å². The van der Waals surface area contributed by atoms with Crippen LogP contribution in [0.5, 0.6) is 17.2 Å². The van der Waals surface area contributed by atoms with Crippen molar-refractivity contribution in [2.24, 2.45) is 0 Å². The highest BCUT2D eigenvalue weighted by atomic mass is 16.6. The fourth-order valence-corrected chi connectivity index (χ4v) is 5.59. The highest BCUT2D eigenvalue weighted by Crippen LogP contribution is 2.22. The summed E-state index contributed by atoms with van der Waals surface area (Å²) in [6.45, 7) is 8.30. The molecule has 4 aromatic carbocycles. The van der Waals surface area contributed by atoms with Crippen LogP contribution in [0.3, 0.4) is 0 Å². The van der Waals surface area contributed by atoms with Gasteiger partial charge in [-0.25, -0.2) is 24.0 Å². The third kappa shape index (κ3) is 18.2. The molecule has 0 aliphatic rings. The molecule has 0 saturated carbocycles. The Bertz CT molecular complexity index is 2020. The third-order valence-electron chi connectivity index (χ3n) is 8.91. The van der Waals surface area contributed by atoms with Gasteiger partial charge in [0.15, 0.2) is 6.10 Å². The van der Waals surface area contributed by atoms with Crippen molar-refractivity contribution in [1.29, 1.82) is 0 Å². The van der Waals surface area contributed by atoms with Crippen LogP contribution in [0.2, 0.25) is 0 Å². The largest absolute Gasteiger partial charge is 0.494 e. The summed E-state index contributed by atoms with van der Waals surface area (Å²) >= 11 is 0. The number of hydrogen-bond acceptors (Lipinski definition) is 12. The van der Waals surface area contributed by atoms with Crippen molar-refractivity contribution >= 4 is 35.9 Å². The van der Waals surface area contributed by atoms with Crippen LogP contribution in [0.15, 0.2) is 135 Å². The highest BCUT2D eigenvalue weighted by Gasteiger charge is 2.19. The van der Waals surface area contributed by atoms with E-state index in [9.17, 15) is 24.0 Å². The number of ether oxygens (including phenoxy) is 7. The normalized spacial score (nSPS) is 11.1. The van der Waals surface area contributed by atoms with E-state index in [4.69, 9.17) is 33.2 Å². The third-order valence-corrected chi connectivity index (χ3v) is 8.91. The lowest BCUT2D eigenvalue weighted by Gasteiger charge is -2.17. The first kappa shape index (κ1) is 46.7. The summed E-state index contributed by atoms with van der Waals surface area (Å²) in [5, 5.41) is 0. The first-order valence-electron chi connectivity index (χ1n) is 20.2. The molecule has 0 heterocycles. The lowest BCUT2D eigenvalue weighted by atomic mass is 10.1. The predicted molar refractivity (Wildman–Crippen MR) is 229 cm³/mol. The van der Waals surface area contributed by atoms with E-state index >= 15 is 0 Å². The Kier molecular flexibility index (Phi) is 20.6. The lowest BCUT2D eigenvalue weighted by molar-refractivity contribution is -0.145. The Morgan fingerprint density at radius 3 is 1.48 bits per heavy atom. The summed E-state index contributed by atoms with van der Waals surface area (Å²) in [6, 6.07) is 28.9. The van der Waals surface area contributed by atoms with E-state index in [1.807, 2.05) is 6.07 Å². The topological polar surface area (TPSA) is 150 Å². The number of carbonyl (C=O) groups excluding carboxylic acids is 5. The van der Waals surface area contributed by atoms with Gasteiger partial charge in [0.1, 0.15) is 23.9 Å². The number of benzene rings is 4. The van der Waals surface area contributed by atoms with Crippen molar-refractivity contribution in [3.8, 4) is 17.2 Å². The van der Waals surface area contributed by atoms with Crippen LogP contribution < -0.4 is 14.2 Å². The van der Waals surface area contributed by atoms with E-state index in [0.29, 0.717) is 65.9 Å². The van der Waals surface area contributed by atoms with Crippen LogP contribution in [0.1, 0.15) is 89.3 Å². The summed E-state index contributed by atoms with van der Waals surface area (Å²) < 4.78 is 38.3. The molecule has 0 spiro atoms. The first-order valence-corrected chi connectivity index (χ1v) is 20.2. The van der Waals surface area contributed by atoms with E-state index in [2.05, 4.69) is 13.2 Å². The van der Waals surface area contributed by atoms with Gasteiger partial charge in [0.05, 0.1) is 37.6 Å². The number of unbranched alkanes of at least 4 members (excludes halogenated alkanes) is 6. The van der Waals surface area contributed by atoms with Gasteiger partial charge in [-0.2, -0.15) is 0 Å². The van der Waals surface area contributed by atoms with Crippen LogP contribution >= 0.6 is 0 Å². The molecular formula is C49H52O12. The van der Waals surface area contributed by atoms with Crippen LogP contribution in [0, 0.1) is 0 Å². The molecule has 1 unspecified atom stereocenters. The molecule has 0 amide bonds. The molecule has 320 valence electrons. The number of hydrogen-bond donors (Lipinski definition) is 0. The van der Waals surface area contributed by atoms with E-state index in [1.54, 1.807) is 103 Å². The SMILES string of the molecule is C=CC(=O)OCCCCCCOc1ccc(C(=O)OCC(OC(=O)C=Cc2ccc(OC(=O)c3ccc(OCCCCCCOC(=O)C=C)cc3)cc2)c2ccccc2)cc1. The van der Waals surface area contributed by atoms with Crippen LogP contribution in [0.25, 0.3) is 6.08 Å². The van der Waals surface area contributed by atoms with Gasteiger partial charge in [-0.3, -0.25) is 0 Å². The molecule has 12 heteroatoms. The molecule has 0 N–H and O–H groups in total. The summed E-state index contributed by atoms with van der Waals surface area (Å²) in [5.74, 6) is -1.01. The molecule has 0 radical (unpaired) electrons. The number of rotatable bonds is 27. The van der Waals surface area contributed by atoms with Crippen molar-refractivity contribution < 1.29 is 57.1 Å². The van der Waals surface area contributed by atoms with E-state index in [1.165, 1.54) is 6.08 Å². The molecule has 61 heavy (non-hydrogen) atoms. The maximum absolute atomic E-state index is 12.9. The van der Waals surface area contributed by atoms with Gasteiger partial charge >= 0.3 is 29.8 Å². The van der Waals surface area contributed by atoms with E-state index in [0.717, 1.165) is 63.5 Å². The predicted octanol–water partition coefficient (Wildman–Crippen LogP) is 9.40. The first-order chi connectivity index (χ1) is 29.7. The van der Waals surface area contributed by atoms with Crippen LogP contribution in [-0.4, -0.2) is 62.9 Å². The second-order valence-corrected chi connectivity index (χ2v) is 13.5. The van der Waals surface area contributed by atoms with Gasteiger partial charge in [-0.15, -0.1) is 0 Å². The van der Waals surface area contributed by atoms with E-state index in [-0.39, 0.29) is 6.61 Å². The molecule has 12 nitrogen and oxygen atoms in total. The molecule has 0 aliphatic heterocycles. The molecule has 4 aromatic rings. The van der Waals surface area contributed by atoms with Crippen molar-refractivity contribution in [3.05, 3.63) is 157 Å².